The Labute approximate surface area is 128 Å². The summed E-state index contributed by atoms with van der Waals surface area (Å²) in [5.74, 6) is 0.778. The zero-order valence-electron chi connectivity index (χ0n) is 11.5. The van der Waals surface area contributed by atoms with Crippen LogP contribution in [0.5, 0.6) is 0 Å². The molecule has 0 saturated heterocycles. The molecule has 21 heavy (non-hydrogen) atoms. The van der Waals surface area contributed by atoms with Gasteiger partial charge in [-0.25, -0.2) is 0 Å². The fraction of sp³-hybridized carbons (Fsp3) is 0.176. The number of benzene rings is 2. The van der Waals surface area contributed by atoms with Gasteiger partial charge in [0, 0.05) is 5.75 Å². The second-order valence-corrected chi connectivity index (χ2v) is 5.44. The van der Waals surface area contributed by atoms with Crippen LogP contribution in [0.2, 0.25) is 0 Å². The number of esters is 1. The molecule has 0 aliphatic heterocycles. The molecular weight excluding hydrogens is 282 g/mol. The Morgan fingerprint density at radius 3 is 2.62 bits per heavy atom. The molecule has 0 fully saturated rings. The van der Waals surface area contributed by atoms with Crippen molar-refractivity contribution in [2.45, 2.75) is 12.4 Å². The van der Waals surface area contributed by atoms with E-state index in [1.165, 1.54) is 11.8 Å². The van der Waals surface area contributed by atoms with E-state index < -0.39 is 0 Å². The SMILES string of the molecule is N#Cc1cccc(CSCC(=O)OCc2ccccc2)c1. The lowest BCUT2D eigenvalue weighted by Crippen LogP contribution is -2.07. The minimum absolute atomic E-state index is 0.222. The number of rotatable bonds is 6. The highest BCUT2D eigenvalue weighted by Crippen LogP contribution is 2.14. The van der Waals surface area contributed by atoms with Crippen LogP contribution in [0.4, 0.5) is 0 Å². The minimum Gasteiger partial charge on any atom is -0.460 e. The lowest BCUT2D eigenvalue weighted by molar-refractivity contribution is -0.141. The van der Waals surface area contributed by atoms with Crippen molar-refractivity contribution < 1.29 is 9.53 Å². The quantitative estimate of drug-likeness (QED) is 0.765. The normalized spacial score (nSPS) is 9.86. The zero-order valence-corrected chi connectivity index (χ0v) is 12.3. The van der Waals surface area contributed by atoms with Crippen molar-refractivity contribution in [3.8, 4) is 6.07 Å². The van der Waals surface area contributed by atoms with Crippen molar-refractivity contribution >= 4 is 17.7 Å². The first-order valence-electron chi connectivity index (χ1n) is 6.54. The molecule has 4 heteroatoms. The summed E-state index contributed by atoms with van der Waals surface area (Å²) in [7, 11) is 0. The lowest BCUT2D eigenvalue weighted by atomic mass is 10.2. The van der Waals surface area contributed by atoms with Gasteiger partial charge < -0.3 is 4.74 Å². The van der Waals surface area contributed by atoms with Gasteiger partial charge in [-0.05, 0) is 23.3 Å². The number of carbonyl (C=O) groups is 1. The highest BCUT2D eigenvalue weighted by molar-refractivity contribution is 7.99. The minimum atomic E-state index is -0.222. The fourth-order valence-electron chi connectivity index (χ4n) is 1.76. The lowest BCUT2D eigenvalue weighted by Gasteiger charge is -2.05. The summed E-state index contributed by atoms with van der Waals surface area (Å²) in [6.45, 7) is 0.310. The monoisotopic (exact) mass is 297 g/mol. The number of nitrogens with zero attached hydrogens (tertiary/aromatic N) is 1. The topological polar surface area (TPSA) is 50.1 Å². The van der Waals surface area contributed by atoms with Crippen LogP contribution in [-0.4, -0.2) is 11.7 Å². The molecule has 0 aromatic heterocycles. The Morgan fingerprint density at radius 2 is 1.86 bits per heavy atom. The molecule has 0 unspecified atom stereocenters. The largest absolute Gasteiger partial charge is 0.460 e. The third kappa shape index (κ3) is 5.33. The molecule has 0 spiro atoms. The number of hydrogen-bond donors (Lipinski definition) is 0. The Hall–Kier alpha value is -2.25. The van der Waals surface area contributed by atoms with Crippen molar-refractivity contribution in [3.63, 3.8) is 0 Å². The van der Waals surface area contributed by atoms with Gasteiger partial charge in [0.1, 0.15) is 6.61 Å². The summed E-state index contributed by atoms with van der Waals surface area (Å²) >= 11 is 1.48. The molecule has 0 radical (unpaired) electrons. The average molecular weight is 297 g/mol. The van der Waals surface area contributed by atoms with E-state index in [-0.39, 0.29) is 5.97 Å². The molecule has 0 amide bonds. The fourth-order valence-corrected chi connectivity index (χ4v) is 2.53. The van der Waals surface area contributed by atoms with Gasteiger partial charge in [0.15, 0.2) is 0 Å². The molecule has 0 atom stereocenters. The van der Waals surface area contributed by atoms with E-state index in [1.807, 2.05) is 48.5 Å². The van der Waals surface area contributed by atoms with E-state index in [0.717, 1.165) is 11.1 Å². The second-order valence-electron chi connectivity index (χ2n) is 4.45. The molecule has 106 valence electrons. The Balaban J connectivity index is 1.71. The third-order valence-corrected chi connectivity index (χ3v) is 3.76. The maximum Gasteiger partial charge on any atom is 0.316 e. The van der Waals surface area contributed by atoms with E-state index in [1.54, 1.807) is 6.07 Å². The average Bonchev–Trinajstić information content (AvgIpc) is 2.54. The van der Waals surface area contributed by atoms with E-state index in [0.29, 0.717) is 23.7 Å². The van der Waals surface area contributed by atoms with Crippen molar-refractivity contribution in [2.24, 2.45) is 0 Å². The summed E-state index contributed by atoms with van der Waals surface area (Å²) in [6.07, 6.45) is 0. The van der Waals surface area contributed by atoms with Crippen LogP contribution in [0.1, 0.15) is 16.7 Å². The summed E-state index contributed by atoms with van der Waals surface area (Å²) in [5.41, 5.74) is 2.66. The Kier molecular flexibility index (Phi) is 5.86. The Bertz CT molecular complexity index is 635. The summed E-state index contributed by atoms with van der Waals surface area (Å²) in [4.78, 5) is 11.6. The van der Waals surface area contributed by atoms with Gasteiger partial charge in [0.05, 0.1) is 17.4 Å². The molecule has 2 rings (SSSR count). The zero-order chi connectivity index (χ0) is 14.9. The smallest absolute Gasteiger partial charge is 0.316 e. The highest BCUT2D eigenvalue weighted by Gasteiger charge is 2.04. The van der Waals surface area contributed by atoms with Crippen LogP contribution in [0.15, 0.2) is 54.6 Å². The van der Waals surface area contributed by atoms with Gasteiger partial charge in [-0.2, -0.15) is 5.26 Å². The van der Waals surface area contributed by atoms with Gasteiger partial charge in [-0.1, -0.05) is 42.5 Å². The molecule has 0 saturated carbocycles. The molecule has 0 aliphatic rings. The number of ether oxygens (including phenoxy) is 1. The number of carbonyl (C=O) groups excluding carboxylic acids is 1. The highest BCUT2D eigenvalue weighted by atomic mass is 32.2. The van der Waals surface area contributed by atoms with Crippen LogP contribution in [0.3, 0.4) is 0 Å². The summed E-state index contributed by atoms with van der Waals surface area (Å²) in [5, 5.41) is 8.82. The summed E-state index contributed by atoms with van der Waals surface area (Å²) in [6, 6.07) is 19.1. The summed E-state index contributed by atoms with van der Waals surface area (Å²) < 4.78 is 5.20. The molecule has 0 N–H and O–H groups in total. The molecule has 0 heterocycles. The molecule has 0 aliphatic carbocycles. The molecule has 2 aromatic carbocycles. The van der Waals surface area contributed by atoms with Gasteiger partial charge in [-0.15, -0.1) is 11.8 Å². The van der Waals surface area contributed by atoms with Crippen LogP contribution in [0, 0.1) is 11.3 Å². The predicted octanol–water partition coefficient (Wildman–Crippen LogP) is 3.53. The van der Waals surface area contributed by atoms with Crippen molar-refractivity contribution in [3.05, 3.63) is 71.3 Å². The van der Waals surface area contributed by atoms with Gasteiger partial charge in [0.2, 0.25) is 0 Å². The predicted molar refractivity (Wildman–Crippen MR) is 83.6 cm³/mol. The van der Waals surface area contributed by atoms with E-state index in [2.05, 4.69) is 6.07 Å². The van der Waals surface area contributed by atoms with Gasteiger partial charge in [0.25, 0.3) is 0 Å². The first kappa shape index (κ1) is 15.1. The Morgan fingerprint density at radius 1 is 1.10 bits per heavy atom. The second kappa shape index (κ2) is 8.13. The van der Waals surface area contributed by atoms with Crippen LogP contribution >= 0.6 is 11.8 Å². The van der Waals surface area contributed by atoms with E-state index >= 15 is 0 Å². The molecule has 2 aromatic rings. The van der Waals surface area contributed by atoms with Crippen LogP contribution in [0.25, 0.3) is 0 Å². The maximum absolute atomic E-state index is 11.6. The first-order chi connectivity index (χ1) is 10.3. The standard InChI is InChI=1S/C17H15NO2S/c18-10-15-7-4-8-16(9-15)12-21-13-17(19)20-11-14-5-2-1-3-6-14/h1-9H,11-13H2. The van der Waals surface area contributed by atoms with Crippen molar-refractivity contribution in [2.75, 3.05) is 5.75 Å². The van der Waals surface area contributed by atoms with Crippen LogP contribution in [-0.2, 0) is 21.9 Å². The number of thioether (sulfide) groups is 1. The molecular formula is C17H15NO2S. The maximum atomic E-state index is 11.6. The van der Waals surface area contributed by atoms with Crippen molar-refractivity contribution in [1.82, 2.24) is 0 Å². The number of hydrogen-bond acceptors (Lipinski definition) is 4. The first-order valence-corrected chi connectivity index (χ1v) is 7.70. The third-order valence-electron chi connectivity index (χ3n) is 2.79. The van der Waals surface area contributed by atoms with Gasteiger partial charge >= 0.3 is 5.97 Å². The molecule has 3 nitrogen and oxygen atoms in total. The number of nitriles is 1. The van der Waals surface area contributed by atoms with Gasteiger partial charge in [-0.3, -0.25) is 4.79 Å². The molecule has 0 bridgehead atoms. The van der Waals surface area contributed by atoms with E-state index in [9.17, 15) is 4.79 Å². The van der Waals surface area contributed by atoms with Crippen LogP contribution < -0.4 is 0 Å². The van der Waals surface area contributed by atoms with E-state index in [4.69, 9.17) is 10.00 Å². The van der Waals surface area contributed by atoms with Crippen molar-refractivity contribution in [1.29, 1.82) is 5.26 Å².